The molecule has 0 saturated heterocycles. The second-order valence-corrected chi connectivity index (χ2v) is 1.83. The van der Waals surface area contributed by atoms with E-state index in [2.05, 4.69) is 10.4 Å². The molecule has 0 aromatic heterocycles. The molecule has 0 aliphatic carbocycles. The van der Waals surface area contributed by atoms with Crippen molar-refractivity contribution in [2.24, 2.45) is 10.4 Å². The van der Waals surface area contributed by atoms with Crippen LogP contribution in [0.3, 0.4) is 0 Å². The van der Waals surface area contributed by atoms with Gasteiger partial charge in [0.2, 0.25) is 6.17 Å². The maximum atomic E-state index is 9.70. The molecule has 0 N–H and O–H groups in total. The first kappa shape index (κ1) is 8.20. The predicted octanol–water partition coefficient (Wildman–Crippen LogP) is 2.04. The van der Waals surface area contributed by atoms with Gasteiger partial charge >= 0.3 is 0 Å². The van der Waals surface area contributed by atoms with Crippen molar-refractivity contribution in [3.8, 4) is 0 Å². The van der Waals surface area contributed by atoms with Crippen molar-refractivity contribution in [2.75, 3.05) is 0 Å². The van der Waals surface area contributed by atoms with Crippen LogP contribution in [0.5, 0.6) is 0 Å². The summed E-state index contributed by atoms with van der Waals surface area (Å²) in [7, 11) is 0. The van der Waals surface area contributed by atoms with Crippen molar-refractivity contribution in [1.82, 2.24) is 0 Å². The maximum absolute atomic E-state index is 9.70. The van der Waals surface area contributed by atoms with Crippen LogP contribution in [-0.4, -0.2) is 6.17 Å². The minimum Gasteiger partial charge on any atom is -0.148 e. The average molecular weight is 130 g/mol. The Bertz CT molecular complexity index is 87.0. The van der Waals surface area contributed by atoms with E-state index in [9.17, 15) is 9.81 Å². The zero-order valence-electron chi connectivity index (χ0n) is 5.41. The standard InChI is InChI=1S/C5H10N2O2/c1-2-3-4-5(6-8)7-9/h5H,2-4H2,1H3. The maximum Gasteiger partial charge on any atom is 0.222 e. The molecule has 0 bridgehead atoms. The van der Waals surface area contributed by atoms with Crippen LogP contribution >= 0.6 is 0 Å². The lowest BCUT2D eigenvalue weighted by Crippen LogP contribution is -1.96. The third-order valence-corrected chi connectivity index (χ3v) is 1.06. The monoisotopic (exact) mass is 130 g/mol. The highest BCUT2D eigenvalue weighted by Crippen LogP contribution is 2.04. The molecule has 0 unspecified atom stereocenters. The Balaban J connectivity index is 3.30. The van der Waals surface area contributed by atoms with Gasteiger partial charge in [0, 0.05) is 0 Å². The summed E-state index contributed by atoms with van der Waals surface area (Å²) in [6.45, 7) is 1.98. The number of nitrogens with zero attached hydrogens (tertiary/aromatic N) is 2. The summed E-state index contributed by atoms with van der Waals surface area (Å²) in [4.78, 5) is 19.4. The van der Waals surface area contributed by atoms with Crippen LogP contribution in [0.15, 0.2) is 10.4 Å². The van der Waals surface area contributed by atoms with Gasteiger partial charge in [-0.2, -0.15) is 0 Å². The summed E-state index contributed by atoms with van der Waals surface area (Å²) in [6.07, 6.45) is 1.43. The summed E-state index contributed by atoms with van der Waals surface area (Å²) >= 11 is 0. The van der Waals surface area contributed by atoms with Gasteiger partial charge in [0.15, 0.2) is 0 Å². The summed E-state index contributed by atoms with van der Waals surface area (Å²) in [5.74, 6) is 0. The summed E-state index contributed by atoms with van der Waals surface area (Å²) in [5.41, 5.74) is 0. The molecule has 0 spiro atoms. The summed E-state index contributed by atoms with van der Waals surface area (Å²) < 4.78 is 0. The normalized spacial score (nSPS) is 9.56. The Hall–Kier alpha value is -0.800. The zero-order valence-corrected chi connectivity index (χ0v) is 5.41. The van der Waals surface area contributed by atoms with Crippen LogP contribution in [0.25, 0.3) is 0 Å². The van der Waals surface area contributed by atoms with Crippen molar-refractivity contribution in [3.05, 3.63) is 9.81 Å². The molecule has 0 heterocycles. The van der Waals surface area contributed by atoms with E-state index in [1.807, 2.05) is 6.92 Å². The van der Waals surface area contributed by atoms with Crippen molar-refractivity contribution < 1.29 is 0 Å². The molecule has 0 radical (unpaired) electrons. The van der Waals surface area contributed by atoms with Crippen molar-refractivity contribution >= 4 is 0 Å². The second kappa shape index (κ2) is 5.34. The highest BCUT2D eigenvalue weighted by molar-refractivity contribution is 4.59. The lowest BCUT2D eigenvalue weighted by molar-refractivity contribution is 0.592. The molecule has 9 heavy (non-hydrogen) atoms. The highest BCUT2D eigenvalue weighted by atomic mass is 16.3. The molecule has 52 valence electrons. The van der Waals surface area contributed by atoms with Crippen molar-refractivity contribution in [1.29, 1.82) is 0 Å². The minimum atomic E-state index is -0.857. The Morgan fingerprint density at radius 1 is 1.33 bits per heavy atom. The van der Waals surface area contributed by atoms with Gasteiger partial charge in [-0.3, -0.25) is 0 Å². The van der Waals surface area contributed by atoms with E-state index in [4.69, 9.17) is 0 Å². The minimum absolute atomic E-state index is 0.490. The first-order valence-corrected chi connectivity index (χ1v) is 3.00. The van der Waals surface area contributed by atoms with Crippen LogP contribution in [0.1, 0.15) is 26.2 Å². The van der Waals surface area contributed by atoms with Gasteiger partial charge in [-0.05, 0) is 23.2 Å². The van der Waals surface area contributed by atoms with E-state index in [0.29, 0.717) is 6.42 Å². The molecular formula is C5H10N2O2. The number of hydrogen-bond acceptors (Lipinski definition) is 4. The summed E-state index contributed by atoms with van der Waals surface area (Å²) in [5, 5.41) is 5.03. The molecule has 4 nitrogen and oxygen atoms in total. The topological polar surface area (TPSA) is 58.9 Å². The molecule has 0 amide bonds. The second-order valence-electron chi connectivity index (χ2n) is 1.83. The van der Waals surface area contributed by atoms with Crippen molar-refractivity contribution in [2.45, 2.75) is 32.4 Å². The predicted molar refractivity (Wildman–Crippen MR) is 34.9 cm³/mol. The average Bonchev–Trinajstić information content (AvgIpc) is 1.91. The molecule has 0 rings (SSSR count). The van der Waals surface area contributed by atoms with Gasteiger partial charge in [-0.15, -0.1) is 9.81 Å². The molecule has 0 aromatic rings. The number of hydrogen-bond donors (Lipinski definition) is 0. The molecule has 0 saturated carbocycles. The number of nitroso groups, excluding NO2 is 2. The van der Waals surface area contributed by atoms with E-state index in [-0.39, 0.29) is 0 Å². The molecule has 4 heteroatoms. The van der Waals surface area contributed by atoms with Crippen LogP contribution in [0, 0.1) is 9.81 Å². The first-order valence-electron chi connectivity index (χ1n) is 3.00. The molecule has 0 aromatic carbocycles. The van der Waals surface area contributed by atoms with Gasteiger partial charge < -0.3 is 0 Å². The van der Waals surface area contributed by atoms with Gasteiger partial charge in [0.05, 0.1) is 0 Å². The lowest BCUT2D eigenvalue weighted by Gasteiger charge is -1.94. The molecule has 0 aliphatic heterocycles. The highest BCUT2D eigenvalue weighted by Gasteiger charge is 2.04. The Kier molecular flexibility index (Phi) is 4.86. The number of unbranched alkanes of at least 4 members (excludes halogenated alkanes) is 1. The van der Waals surface area contributed by atoms with E-state index in [1.54, 1.807) is 0 Å². The molecular weight excluding hydrogens is 120 g/mol. The van der Waals surface area contributed by atoms with Crippen molar-refractivity contribution in [3.63, 3.8) is 0 Å². The fourth-order valence-electron chi connectivity index (χ4n) is 0.511. The first-order chi connectivity index (χ1) is 4.35. The SMILES string of the molecule is CCCCC(N=O)N=O. The number of rotatable bonds is 5. The zero-order chi connectivity index (χ0) is 7.11. The fourth-order valence-corrected chi connectivity index (χ4v) is 0.511. The van der Waals surface area contributed by atoms with Gasteiger partial charge in [-0.1, -0.05) is 13.3 Å². The van der Waals surface area contributed by atoms with Gasteiger partial charge in [0.1, 0.15) is 0 Å². The van der Waals surface area contributed by atoms with E-state index >= 15 is 0 Å². The molecule has 0 atom stereocenters. The van der Waals surface area contributed by atoms with Crippen LogP contribution in [0.2, 0.25) is 0 Å². The fraction of sp³-hybridized carbons (Fsp3) is 1.00. The lowest BCUT2D eigenvalue weighted by atomic mass is 10.2. The largest absolute Gasteiger partial charge is 0.222 e. The van der Waals surface area contributed by atoms with E-state index in [0.717, 1.165) is 12.8 Å². The summed E-state index contributed by atoms with van der Waals surface area (Å²) in [6, 6.07) is 0. The third kappa shape index (κ3) is 3.76. The van der Waals surface area contributed by atoms with Crippen LogP contribution in [-0.2, 0) is 0 Å². The Labute approximate surface area is 53.6 Å². The van der Waals surface area contributed by atoms with Gasteiger partial charge in [0.25, 0.3) is 0 Å². The van der Waals surface area contributed by atoms with Crippen LogP contribution in [0.4, 0.5) is 0 Å². The Morgan fingerprint density at radius 3 is 2.22 bits per heavy atom. The molecule has 0 fully saturated rings. The van der Waals surface area contributed by atoms with E-state index < -0.39 is 6.17 Å². The van der Waals surface area contributed by atoms with Crippen LogP contribution < -0.4 is 0 Å². The van der Waals surface area contributed by atoms with Gasteiger partial charge in [-0.25, -0.2) is 0 Å². The molecule has 0 aliphatic rings. The smallest absolute Gasteiger partial charge is 0.148 e. The third-order valence-electron chi connectivity index (χ3n) is 1.06. The van der Waals surface area contributed by atoms with E-state index in [1.165, 1.54) is 0 Å². The quantitative estimate of drug-likeness (QED) is 0.534. The Morgan fingerprint density at radius 2 is 1.89 bits per heavy atom.